The van der Waals surface area contributed by atoms with Crippen LogP contribution in [-0.4, -0.2) is 53.8 Å². The van der Waals surface area contributed by atoms with Crippen LogP contribution in [0, 0.1) is 0 Å². The number of amidine groups is 2. The first kappa shape index (κ1) is 22.6. The van der Waals surface area contributed by atoms with Gasteiger partial charge in [-0.25, -0.2) is 9.98 Å². The summed E-state index contributed by atoms with van der Waals surface area (Å²) in [5, 5.41) is 0. The number of hydrogen-bond acceptors (Lipinski definition) is 4. The van der Waals surface area contributed by atoms with Gasteiger partial charge in [-0.1, -0.05) is 43.7 Å². The molecule has 1 saturated heterocycles. The minimum absolute atomic E-state index is 0.0248. The fourth-order valence-corrected chi connectivity index (χ4v) is 3.54. The van der Waals surface area contributed by atoms with E-state index in [0.717, 1.165) is 6.42 Å². The first-order valence-corrected chi connectivity index (χ1v) is 9.85. The maximum atomic E-state index is 13.8. The van der Waals surface area contributed by atoms with Gasteiger partial charge in [-0.2, -0.15) is 26.3 Å². The van der Waals surface area contributed by atoms with Gasteiger partial charge < -0.3 is 9.64 Å². The number of halogens is 6. The van der Waals surface area contributed by atoms with E-state index in [-0.39, 0.29) is 36.3 Å². The van der Waals surface area contributed by atoms with Crippen LogP contribution in [0.2, 0.25) is 0 Å². The lowest BCUT2D eigenvalue weighted by molar-refractivity contribution is -0.293. The van der Waals surface area contributed by atoms with Crippen molar-refractivity contribution in [3.63, 3.8) is 0 Å². The molecular weight excluding hydrogens is 412 g/mol. The number of benzene rings is 1. The highest BCUT2D eigenvalue weighted by atomic mass is 19.4. The van der Waals surface area contributed by atoms with Crippen LogP contribution in [0.15, 0.2) is 40.3 Å². The van der Waals surface area contributed by atoms with Gasteiger partial charge >= 0.3 is 18.0 Å². The predicted molar refractivity (Wildman–Crippen MR) is 100 cm³/mol. The molecule has 1 fully saturated rings. The van der Waals surface area contributed by atoms with E-state index in [1.165, 1.54) is 17.0 Å². The monoisotopic (exact) mass is 435 g/mol. The van der Waals surface area contributed by atoms with E-state index in [2.05, 4.69) is 9.98 Å². The Morgan fingerprint density at radius 2 is 1.73 bits per heavy atom. The average molecular weight is 435 g/mol. The van der Waals surface area contributed by atoms with Crippen LogP contribution in [-0.2, 0) is 4.74 Å². The molecule has 0 saturated carbocycles. The molecule has 2 aliphatic heterocycles. The Bertz CT molecular complexity index is 768. The number of aliphatic imine (C=N–C) groups is 2. The maximum absolute atomic E-state index is 13.8. The summed E-state index contributed by atoms with van der Waals surface area (Å²) in [6, 6.07) is 7.61. The summed E-state index contributed by atoms with van der Waals surface area (Å²) in [5.74, 6) is -0.655. The van der Waals surface area contributed by atoms with Gasteiger partial charge in [-0.3, -0.25) is 0 Å². The van der Waals surface area contributed by atoms with Crippen LogP contribution in [0.5, 0.6) is 0 Å². The minimum atomic E-state index is -5.74. The first-order chi connectivity index (χ1) is 14.1. The van der Waals surface area contributed by atoms with E-state index in [1.54, 1.807) is 25.1 Å². The van der Waals surface area contributed by atoms with Crippen molar-refractivity contribution in [2.45, 2.75) is 63.1 Å². The molecule has 0 spiro atoms. The summed E-state index contributed by atoms with van der Waals surface area (Å²) in [5.41, 5.74) is -4.36. The molecule has 166 valence electrons. The summed E-state index contributed by atoms with van der Waals surface area (Å²) in [6.07, 6.45) is -9.36. The highest BCUT2D eigenvalue weighted by Gasteiger charge is 2.73. The van der Waals surface area contributed by atoms with Crippen molar-refractivity contribution in [3.8, 4) is 0 Å². The standard InChI is InChI=1S/C20H23F6N3O/c1-2-3-11-16-27-18(19(21,22)23,20(24,25)26)28-17(14-8-5-4-6-9-14)29(16)13-15-10-7-12-30-15/h4-6,8-9,15H,2-3,7,10-13H2,1H3. The third kappa shape index (κ3) is 4.33. The van der Waals surface area contributed by atoms with Gasteiger partial charge in [0.05, 0.1) is 12.6 Å². The van der Waals surface area contributed by atoms with E-state index >= 15 is 0 Å². The zero-order valence-electron chi connectivity index (χ0n) is 16.4. The van der Waals surface area contributed by atoms with Crippen molar-refractivity contribution < 1.29 is 31.1 Å². The lowest BCUT2D eigenvalue weighted by Gasteiger charge is -2.40. The van der Waals surface area contributed by atoms with Gasteiger partial charge in [0.25, 0.3) is 0 Å². The Labute approximate surface area is 170 Å². The number of ether oxygens (including phenoxy) is 1. The second kappa shape index (κ2) is 8.56. The Kier molecular flexibility index (Phi) is 6.45. The fraction of sp³-hybridized carbons (Fsp3) is 0.600. The molecule has 0 aromatic heterocycles. The lowest BCUT2D eigenvalue weighted by Crippen LogP contribution is -2.60. The first-order valence-electron chi connectivity index (χ1n) is 9.85. The van der Waals surface area contributed by atoms with Crippen LogP contribution in [0.1, 0.15) is 44.6 Å². The van der Waals surface area contributed by atoms with Crippen LogP contribution < -0.4 is 0 Å². The van der Waals surface area contributed by atoms with Gasteiger partial charge in [-0.05, 0) is 19.3 Å². The highest BCUT2D eigenvalue weighted by molar-refractivity contribution is 6.11. The smallest absolute Gasteiger partial charge is 0.376 e. The Balaban J connectivity index is 2.18. The molecule has 0 bridgehead atoms. The third-order valence-electron chi connectivity index (χ3n) is 5.11. The average Bonchev–Trinajstić information content (AvgIpc) is 3.19. The normalized spacial score (nSPS) is 22.1. The van der Waals surface area contributed by atoms with Crippen molar-refractivity contribution in [1.29, 1.82) is 0 Å². The topological polar surface area (TPSA) is 37.2 Å². The summed E-state index contributed by atoms with van der Waals surface area (Å²) >= 11 is 0. The van der Waals surface area contributed by atoms with Gasteiger partial charge in [-0.15, -0.1) is 0 Å². The largest absolute Gasteiger partial charge is 0.443 e. The molecule has 0 amide bonds. The molecule has 10 heteroatoms. The van der Waals surface area contributed by atoms with E-state index in [0.29, 0.717) is 25.9 Å². The Hall–Kier alpha value is -2.10. The lowest BCUT2D eigenvalue weighted by atomic mass is 10.0. The Morgan fingerprint density at radius 3 is 2.27 bits per heavy atom. The predicted octanol–water partition coefficient (Wildman–Crippen LogP) is 5.34. The van der Waals surface area contributed by atoms with E-state index in [4.69, 9.17) is 4.74 Å². The zero-order chi connectivity index (χ0) is 22.0. The molecule has 3 rings (SSSR count). The summed E-state index contributed by atoms with van der Waals surface area (Å²) in [7, 11) is 0. The van der Waals surface area contributed by atoms with Crippen molar-refractivity contribution in [1.82, 2.24) is 4.90 Å². The minimum Gasteiger partial charge on any atom is -0.376 e. The summed E-state index contributed by atoms with van der Waals surface area (Å²) in [6.45, 7) is 2.41. The van der Waals surface area contributed by atoms with E-state index in [9.17, 15) is 26.3 Å². The molecule has 30 heavy (non-hydrogen) atoms. The molecule has 1 aromatic carbocycles. The van der Waals surface area contributed by atoms with Crippen molar-refractivity contribution >= 4 is 11.7 Å². The quantitative estimate of drug-likeness (QED) is 0.566. The number of hydrogen-bond donors (Lipinski definition) is 0. The number of unbranched alkanes of at least 4 members (excludes halogenated alkanes) is 1. The van der Waals surface area contributed by atoms with Gasteiger partial charge in [0, 0.05) is 18.6 Å². The van der Waals surface area contributed by atoms with E-state index in [1.807, 2.05) is 0 Å². The van der Waals surface area contributed by atoms with Crippen LogP contribution >= 0.6 is 0 Å². The molecule has 2 aliphatic rings. The molecule has 1 aromatic rings. The fourth-order valence-electron chi connectivity index (χ4n) is 3.54. The molecule has 0 N–H and O–H groups in total. The molecular formula is C20H23F6N3O. The van der Waals surface area contributed by atoms with Crippen molar-refractivity contribution in [2.75, 3.05) is 13.2 Å². The second-order valence-electron chi connectivity index (χ2n) is 7.35. The van der Waals surface area contributed by atoms with Crippen molar-refractivity contribution in [2.24, 2.45) is 9.98 Å². The third-order valence-corrected chi connectivity index (χ3v) is 5.11. The number of alkyl halides is 6. The second-order valence-corrected chi connectivity index (χ2v) is 7.35. The number of nitrogens with zero attached hydrogens (tertiary/aromatic N) is 3. The summed E-state index contributed by atoms with van der Waals surface area (Å²) < 4.78 is 88.6. The molecule has 4 nitrogen and oxygen atoms in total. The van der Waals surface area contributed by atoms with Crippen LogP contribution in [0.25, 0.3) is 0 Å². The van der Waals surface area contributed by atoms with Crippen LogP contribution in [0.3, 0.4) is 0 Å². The SMILES string of the molecule is CCCCC1=NC(C(F)(F)F)(C(F)(F)F)N=C(c2ccccc2)N1CC1CCCO1. The van der Waals surface area contributed by atoms with Gasteiger partial charge in [0.15, 0.2) is 0 Å². The molecule has 2 heterocycles. The molecule has 0 radical (unpaired) electrons. The maximum Gasteiger partial charge on any atom is 0.443 e. The Morgan fingerprint density at radius 1 is 1.07 bits per heavy atom. The van der Waals surface area contributed by atoms with Crippen molar-refractivity contribution in [3.05, 3.63) is 35.9 Å². The highest BCUT2D eigenvalue weighted by Crippen LogP contribution is 2.49. The molecule has 1 atom stereocenters. The van der Waals surface area contributed by atoms with Crippen LogP contribution in [0.4, 0.5) is 26.3 Å². The zero-order valence-corrected chi connectivity index (χ0v) is 16.4. The summed E-state index contributed by atoms with van der Waals surface area (Å²) in [4.78, 5) is 7.87. The number of rotatable bonds is 6. The molecule has 1 unspecified atom stereocenters. The van der Waals surface area contributed by atoms with E-state index < -0.39 is 18.0 Å². The molecule has 0 aliphatic carbocycles. The van der Waals surface area contributed by atoms with Gasteiger partial charge in [0.1, 0.15) is 11.7 Å². The van der Waals surface area contributed by atoms with Gasteiger partial charge in [0.2, 0.25) is 0 Å².